The second-order valence-electron chi connectivity index (χ2n) is 5.89. The monoisotopic (exact) mass is 302 g/mol. The average molecular weight is 302 g/mol. The summed E-state index contributed by atoms with van der Waals surface area (Å²) in [5, 5.41) is 0. The molecule has 0 N–H and O–H groups in total. The molecule has 0 saturated heterocycles. The maximum atomic E-state index is 6.10. The molecule has 1 aliphatic rings. The molecule has 3 aromatic carbocycles. The number of fused-ring (bicyclic) bond motifs is 2. The molecule has 1 heterocycles. The highest BCUT2D eigenvalue weighted by atomic mass is 16.5. The van der Waals surface area contributed by atoms with Crippen LogP contribution in [-0.2, 0) is 0 Å². The van der Waals surface area contributed by atoms with Crippen LogP contribution < -0.4 is 9.47 Å². The Morgan fingerprint density at radius 2 is 1.57 bits per heavy atom. The molecule has 0 fully saturated rings. The Morgan fingerprint density at radius 3 is 2.35 bits per heavy atom. The van der Waals surface area contributed by atoms with Gasteiger partial charge in [-0.15, -0.1) is 0 Å². The van der Waals surface area contributed by atoms with Crippen LogP contribution in [-0.4, -0.2) is 7.11 Å². The lowest BCUT2D eigenvalue weighted by Crippen LogP contribution is -2.11. The fourth-order valence-corrected chi connectivity index (χ4v) is 3.24. The molecule has 0 amide bonds. The molecular weight excluding hydrogens is 284 g/mol. The molecule has 0 radical (unpaired) electrons. The van der Waals surface area contributed by atoms with Crippen LogP contribution in [0.1, 0.15) is 28.2 Å². The quantitative estimate of drug-likeness (QED) is 0.501. The maximum Gasteiger partial charge on any atom is 0.131 e. The van der Waals surface area contributed by atoms with Crippen LogP contribution >= 0.6 is 0 Å². The van der Waals surface area contributed by atoms with Crippen LogP contribution in [0.15, 0.2) is 66.7 Å². The average Bonchev–Trinajstić information content (AvgIpc) is 2.60. The van der Waals surface area contributed by atoms with Crippen LogP contribution in [0.2, 0.25) is 0 Å². The van der Waals surface area contributed by atoms with Gasteiger partial charge in [-0.1, -0.05) is 48.0 Å². The van der Waals surface area contributed by atoms with Crippen molar-refractivity contribution < 1.29 is 9.47 Å². The van der Waals surface area contributed by atoms with Gasteiger partial charge in [-0.2, -0.15) is 0 Å². The van der Waals surface area contributed by atoms with Gasteiger partial charge < -0.3 is 9.47 Å². The maximum absolute atomic E-state index is 6.10. The minimum atomic E-state index is 0.181. The number of ether oxygens (including phenoxy) is 2. The van der Waals surface area contributed by atoms with Crippen molar-refractivity contribution in [3.05, 3.63) is 89.0 Å². The molecule has 1 unspecified atom stereocenters. The molecule has 2 nitrogen and oxygen atoms in total. The molecule has 4 rings (SSSR count). The van der Waals surface area contributed by atoms with E-state index in [-0.39, 0.29) is 5.92 Å². The van der Waals surface area contributed by atoms with Crippen LogP contribution in [0, 0.1) is 6.92 Å². The van der Waals surface area contributed by atoms with Crippen molar-refractivity contribution in [2.75, 3.05) is 7.11 Å². The summed E-state index contributed by atoms with van der Waals surface area (Å²) >= 11 is 0. The summed E-state index contributed by atoms with van der Waals surface area (Å²) in [5.74, 6) is 2.93. The van der Waals surface area contributed by atoms with E-state index in [9.17, 15) is 0 Å². The Morgan fingerprint density at radius 1 is 0.826 bits per heavy atom. The summed E-state index contributed by atoms with van der Waals surface area (Å²) in [6.07, 6.45) is 0. The second kappa shape index (κ2) is 5.47. The van der Waals surface area contributed by atoms with Gasteiger partial charge >= 0.3 is 0 Å². The zero-order valence-electron chi connectivity index (χ0n) is 13.2. The Balaban J connectivity index is 1.91. The van der Waals surface area contributed by atoms with Gasteiger partial charge in [0, 0.05) is 17.0 Å². The van der Waals surface area contributed by atoms with Crippen LogP contribution in [0.5, 0.6) is 17.2 Å². The Labute approximate surface area is 136 Å². The van der Waals surface area contributed by atoms with E-state index in [4.69, 9.17) is 9.47 Å². The van der Waals surface area contributed by atoms with Crippen molar-refractivity contribution in [2.24, 2.45) is 0 Å². The standard InChI is InChI=1S/C21H18O2/c1-14-7-12-20-18(13-14)21(15-8-10-16(22-2)11-9-15)17-5-3-4-6-19(17)23-20/h3-13,21H,1-2H3. The summed E-state index contributed by atoms with van der Waals surface area (Å²) in [4.78, 5) is 0. The first-order valence-corrected chi connectivity index (χ1v) is 7.77. The first kappa shape index (κ1) is 13.9. The first-order chi connectivity index (χ1) is 11.3. The first-order valence-electron chi connectivity index (χ1n) is 7.77. The summed E-state index contributed by atoms with van der Waals surface area (Å²) < 4.78 is 11.4. The number of methoxy groups -OCH3 is 1. The van der Waals surface area contributed by atoms with Crippen molar-refractivity contribution in [1.29, 1.82) is 0 Å². The predicted octanol–water partition coefficient (Wildman–Crippen LogP) is 5.29. The Kier molecular flexibility index (Phi) is 3.30. The third-order valence-corrected chi connectivity index (χ3v) is 4.38. The lowest BCUT2D eigenvalue weighted by molar-refractivity contribution is 0.414. The SMILES string of the molecule is COc1ccc(C2c3ccccc3Oc3ccc(C)cc32)cc1. The highest BCUT2D eigenvalue weighted by Crippen LogP contribution is 2.47. The molecular formula is C21H18O2. The number of benzene rings is 3. The van der Waals surface area contributed by atoms with E-state index < -0.39 is 0 Å². The van der Waals surface area contributed by atoms with Gasteiger partial charge in [0.05, 0.1) is 7.11 Å². The van der Waals surface area contributed by atoms with Crippen molar-refractivity contribution in [3.8, 4) is 17.2 Å². The number of hydrogen-bond acceptors (Lipinski definition) is 2. The van der Waals surface area contributed by atoms with Gasteiger partial charge in [0.25, 0.3) is 0 Å². The summed E-state index contributed by atoms with van der Waals surface area (Å²) in [6.45, 7) is 2.12. The number of para-hydroxylation sites is 1. The molecule has 114 valence electrons. The van der Waals surface area contributed by atoms with E-state index >= 15 is 0 Å². The van der Waals surface area contributed by atoms with E-state index in [0.717, 1.165) is 17.2 Å². The number of rotatable bonds is 2. The fraction of sp³-hybridized carbons (Fsp3) is 0.143. The minimum absolute atomic E-state index is 0.181. The molecule has 1 aliphatic heterocycles. The lowest BCUT2D eigenvalue weighted by Gasteiger charge is -2.29. The Hall–Kier alpha value is -2.74. The van der Waals surface area contributed by atoms with Crippen molar-refractivity contribution in [2.45, 2.75) is 12.8 Å². The van der Waals surface area contributed by atoms with E-state index in [1.54, 1.807) is 7.11 Å². The van der Waals surface area contributed by atoms with Crippen molar-refractivity contribution in [1.82, 2.24) is 0 Å². The lowest BCUT2D eigenvalue weighted by atomic mass is 9.82. The zero-order chi connectivity index (χ0) is 15.8. The second-order valence-corrected chi connectivity index (χ2v) is 5.89. The van der Waals surface area contributed by atoms with Crippen LogP contribution in [0.4, 0.5) is 0 Å². The molecule has 0 bridgehead atoms. The van der Waals surface area contributed by atoms with Gasteiger partial charge in [0.15, 0.2) is 0 Å². The van der Waals surface area contributed by atoms with Crippen molar-refractivity contribution >= 4 is 0 Å². The molecule has 0 spiro atoms. The molecule has 23 heavy (non-hydrogen) atoms. The minimum Gasteiger partial charge on any atom is -0.497 e. The van der Waals surface area contributed by atoms with Gasteiger partial charge in [-0.3, -0.25) is 0 Å². The molecule has 0 aliphatic carbocycles. The smallest absolute Gasteiger partial charge is 0.131 e. The van der Waals surface area contributed by atoms with E-state index in [0.29, 0.717) is 0 Å². The number of hydrogen-bond donors (Lipinski definition) is 0. The van der Waals surface area contributed by atoms with Crippen LogP contribution in [0.25, 0.3) is 0 Å². The third-order valence-electron chi connectivity index (χ3n) is 4.38. The largest absolute Gasteiger partial charge is 0.497 e. The van der Waals surface area contributed by atoms with Gasteiger partial charge in [-0.25, -0.2) is 0 Å². The summed E-state index contributed by atoms with van der Waals surface area (Å²) in [5.41, 5.74) is 4.91. The van der Waals surface area contributed by atoms with Gasteiger partial charge in [0.2, 0.25) is 0 Å². The molecule has 2 heteroatoms. The summed E-state index contributed by atoms with van der Waals surface area (Å²) in [7, 11) is 1.69. The van der Waals surface area contributed by atoms with Crippen molar-refractivity contribution in [3.63, 3.8) is 0 Å². The molecule has 1 atom stereocenters. The molecule has 0 aromatic heterocycles. The predicted molar refractivity (Wildman–Crippen MR) is 91.6 cm³/mol. The highest BCUT2D eigenvalue weighted by Gasteiger charge is 2.28. The van der Waals surface area contributed by atoms with Crippen LogP contribution in [0.3, 0.4) is 0 Å². The molecule has 3 aromatic rings. The van der Waals surface area contributed by atoms with Gasteiger partial charge in [0.1, 0.15) is 17.2 Å². The highest BCUT2D eigenvalue weighted by molar-refractivity contribution is 5.59. The zero-order valence-corrected chi connectivity index (χ0v) is 13.2. The normalized spacial score (nSPS) is 15.3. The topological polar surface area (TPSA) is 18.5 Å². The third kappa shape index (κ3) is 2.36. The fourth-order valence-electron chi connectivity index (χ4n) is 3.24. The Bertz CT molecular complexity index is 850. The number of aryl methyl sites for hydroxylation is 1. The molecule has 0 saturated carbocycles. The van der Waals surface area contributed by atoms with E-state index in [2.05, 4.69) is 49.4 Å². The van der Waals surface area contributed by atoms with E-state index in [1.807, 2.05) is 24.3 Å². The van der Waals surface area contributed by atoms with Gasteiger partial charge in [-0.05, 0) is 36.8 Å². The van der Waals surface area contributed by atoms with E-state index in [1.165, 1.54) is 22.3 Å². The summed E-state index contributed by atoms with van der Waals surface area (Å²) in [6, 6.07) is 23.0.